The normalized spacial score (nSPS) is 13.0. The third kappa shape index (κ3) is 2.02. The minimum absolute atomic E-state index is 0.221. The van der Waals surface area contributed by atoms with E-state index in [1.807, 2.05) is 0 Å². The standard InChI is InChI=1S/C17H12N2O3/c1-18-10-11-7-8-14(15(9-11)22-2)19-16(20)12-5-3-4-6-13(12)17(19)21/h3-9H,10H2,2H3. The third-order valence-electron chi connectivity index (χ3n) is 3.54. The molecule has 0 saturated carbocycles. The van der Waals surface area contributed by atoms with E-state index >= 15 is 0 Å². The van der Waals surface area contributed by atoms with E-state index in [1.165, 1.54) is 7.11 Å². The zero-order chi connectivity index (χ0) is 15.7. The van der Waals surface area contributed by atoms with Gasteiger partial charge in [0.05, 0.1) is 23.9 Å². The van der Waals surface area contributed by atoms with Crippen molar-refractivity contribution >= 4 is 17.5 Å². The molecule has 0 N–H and O–H groups in total. The van der Waals surface area contributed by atoms with Gasteiger partial charge in [0, 0.05) is 5.56 Å². The number of fused-ring (bicyclic) bond motifs is 1. The quantitative estimate of drug-likeness (QED) is 0.645. The van der Waals surface area contributed by atoms with Crippen LogP contribution >= 0.6 is 0 Å². The van der Waals surface area contributed by atoms with Crippen LogP contribution in [0.15, 0.2) is 42.5 Å². The van der Waals surface area contributed by atoms with E-state index in [-0.39, 0.29) is 18.4 Å². The first kappa shape index (κ1) is 13.8. The van der Waals surface area contributed by atoms with E-state index < -0.39 is 0 Å². The lowest BCUT2D eigenvalue weighted by Gasteiger charge is -2.17. The maximum absolute atomic E-state index is 12.5. The maximum atomic E-state index is 12.5. The summed E-state index contributed by atoms with van der Waals surface area (Å²) >= 11 is 0. The van der Waals surface area contributed by atoms with Gasteiger partial charge in [0.25, 0.3) is 11.8 Å². The molecule has 0 radical (unpaired) electrons. The molecule has 0 atom stereocenters. The number of carbonyl (C=O) groups excluding carboxylic acids is 2. The monoisotopic (exact) mass is 292 g/mol. The predicted molar refractivity (Wildman–Crippen MR) is 80.9 cm³/mol. The van der Waals surface area contributed by atoms with Gasteiger partial charge >= 0.3 is 0 Å². The second kappa shape index (κ2) is 5.34. The summed E-state index contributed by atoms with van der Waals surface area (Å²) in [6, 6.07) is 11.8. The van der Waals surface area contributed by atoms with Crippen LogP contribution in [-0.2, 0) is 6.54 Å². The van der Waals surface area contributed by atoms with Gasteiger partial charge in [0.2, 0.25) is 6.54 Å². The Morgan fingerprint density at radius 2 is 1.73 bits per heavy atom. The molecule has 2 aromatic rings. The van der Waals surface area contributed by atoms with Crippen LogP contribution < -0.4 is 9.64 Å². The average Bonchev–Trinajstić information content (AvgIpc) is 2.80. The number of hydrogen-bond donors (Lipinski definition) is 0. The third-order valence-corrected chi connectivity index (χ3v) is 3.54. The van der Waals surface area contributed by atoms with Gasteiger partial charge in [-0.25, -0.2) is 11.5 Å². The molecule has 3 rings (SSSR count). The Kier molecular flexibility index (Phi) is 3.36. The molecule has 2 amide bonds. The number of anilines is 1. The Labute approximate surface area is 127 Å². The van der Waals surface area contributed by atoms with E-state index in [1.54, 1.807) is 42.5 Å². The second-order valence-electron chi connectivity index (χ2n) is 4.81. The molecule has 1 aliphatic rings. The van der Waals surface area contributed by atoms with E-state index in [0.717, 1.165) is 10.5 Å². The number of carbonyl (C=O) groups is 2. The summed E-state index contributed by atoms with van der Waals surface area (Å²) in [5.41, 5.74) is 1.94. The second-order valence-corrected chi connectivity index (χ2v) is 4.81. The number of hydrogen-bond acceptors (Lipinski definition) is 3. The number of amides is 2. The molecule has 0 spiro atoms. The summed E-state index contributed by atoms with van der Waals surface area (Å²) < 4.78 is 5.29. The molecular formula is C17H12N2O3. The molecule has 22 heavy (non-hydrogen) atoms. The number of nitrogens with zero attached hydrogens (tertiary/aromatic N) is 2. The zero-order valence-corrected chi connectivity index (χ0v) is 11.9. The molecule has 0 fully saturated rings. The number of ether oxygens (including phenoxy) is 1. The Morgan fingerprint density at radius 3 is 2.27 bits per heavy atom. The molecule has 0 aliphatic carbocycles. The predicted octanol–water partition coefficient (Wildman–Crippen LogP) is 2.92. The Hall–Kier alpha value is -3.13. The van der Waals surface area contributed by atoms with Gasteiger partial charge in [-0.2, -0.15) is 0 Å². The van der Waals surface area contributed by atoms with E-state index in [0.29, 0.717) is 22.6 Å². The van der Waals surface area contributed by atoms with Crippen molar-refractivity contribution < 1.29 is 14.3 Å². The highest BCUT2D eigenvalue weighted by atomic mass is 16.5. The fraction of sp³-hybridized carbons (Fsp3) is 0.118. The molecule has 0 saturated heterocycles. The Bertz CT molecular complexity index is 786. The fourth-order valence-electron chi connectivity index (χ4n) is 2.50. The lowest BCUT2D eigenvalue weighted by atomic mass is 10.1. The molecule has 5 heteroatoms. The highest BCUT2D eigenvalue weighted by molar-refractivity contribution is 6.34. The van der Waals surface area contributed by atoms with Crippen LogP contribution in [0.25, 0.3) is 4.85 Å². The molecule has 5 nitrogen and oxygen atoms in total. The lowest BCUT2D eigenvalue weighted by molar-refractivity contribution is 0.0925. The molecule has 108 valence electrons. The van der Waals surface area contributed by atoms with Crippen LogP contribution in [0.5, 0.6) is 5.75 Å². The van der Waals surface area contributed by atoms with Gasteiger partial charge in [-0.1, -0.05) is 12.1 Å². The summed E-state index contributed by atoms with van der Waals surface area (Å²) in [4.78, 5) is 29.4. The minimum Gasteiger partial charge on any atom is -0.495 e. The van der Waals surface area contributed by atoms with Gasteiger partial charge in [0.1, 0.15) is 5.75 Å². The van der Waals surface area contributed by atoms with Crippen molar-refractivity contribution in [3.05, 3.63) is 70.6 Å². The molecule has 0 aromatic heterocycles. The average molecular weight is 292 g/mol. The SMILES string of the molecule is [C-]#[N+]Cc1ccc(N2C(=O)c3ccccc3C2=O)c(OC)c1. The zero-order valence-electron chi connectivity index (χ0n) is 11.9. The number of imide groups is 1. The van der Waals surface area contributed by atoms with Crippen LogP contribution in [0.1, 0.15) is 26.3 Å². The minimum atomic E-state index is -0.364. The van der Waals surface area contributed by atoms with Crippen molar-refractivity contribution in [2.45, 2.75) is 6.54 Å². The van der Waals surface area contributed by atoms with E-state index in [4.69, 9.17) is 11.3 Å². The van der Waals surface area contributed by atoms with Gasteiger partial charge in [-0.15, -0.1) is 0 Å². The van der Waals surface area contributed by atoms with Crippen molar-refractivity contribution in [3.63, 3.8) is 0 Å². The van der Waals surface area contributed by atoms with Gasteiger partial charge < -0.3 is 9.58 Å². The van der Waals surface area contributed by atoms with Crippen LogP contribution in [0, 0.1) is 6.57 Å². The first-order valence-electron chi connectivity index (χ1n) is 6.65. The first-order chi connectivity index (χ1) is 10.7. The van der Waals surface area contributed by atoms with E-state index in [9.17, 15) is 9.59 Å². The molecular weight excluding hydrogens is 280 g/mol. The molecule has 1 heterocycles. The Morgan fingerprint density at radius 1 is 1.09 bits per heavy atom. The summed E-state index contributed by atoms with van der Waals surface area (Å²) in [6.45, 7) is 7.13. The van der Waals surface area contributed by atoms with Crippen LogP contribution in [0.3, 0.4) is 0 Å². The molecule has 2 aromatic carbocycles. The largest absolute Gasteiger partial charge is 0.495 e. The maximum Gasteiger partial charge on any atom is 0.266 e. The smallest absolute Gasteiger partial charge is 0.266 e. The molecule has 0 bridgehead atoms. The van der Waals surface area contributed by atoms with E-state index in [2.05, 4.69) is 4.85 Å². The summed E-state index contributed by atoms with van der Waals surface area (Å²) in [6.07, 6.45) is 0. The fourth-order valence-corrected chi connectivity index (χ4v) is 2.50. The molecule has 1 aliphatic heterocycles. The highest BCUT2D eigenvalue weighted by Gasteiger charge is 2.37. The Balaban J connectivity index is 2.08. The van der Waals surface area contributed by atoms with Crippen molar-refractivity contribution in [2.24, 2.45) is 0 Å². The summed E-state index contributed by atoms with van der Waals surface area (Å²) in [5.74, 6) is -0.329. The van der Waals surface area contributed by atoms with Crippen molar-refractivity contribution in [3.8, 4) is 5.75 Å². The van der Waals surface area contributed by atoms with Gasteiger partial charge in [-0.05, 0) is 30.3 Å². The van der Waals surface area contributed by atoms with Crippen LogP contribution in [0.4, 0.5) is 5.69 Å². The summed E-state index contributed by atoms with van der Waals surface area (Å²) in [5, 5.41) is 0. The van der Waals surface area contributed by atoms with Gasteiger partial charge in [0.15, 0.2) is 0 Å². The highest BCUT2D eigenvalue weighted by Crippen LogP contribution is 2.35. The van der Waals surface area contributed by atoms with Crippen molar-refractivity contribution in [2.75, 3.05) is 12.0 Å². The van der Waals surface area contributed by atoms with Crippen LogP contribution in [-0.4, -0.2) is 18.9 Å². The van der Waals surface area contributed by atoms with Crippen LogP contribution in [0.2, 0.25) is 0 Å². The first-order valence-corrected chi connectivity index (χ1v) is 6.65. The summed E-state index contributed by atoms with van der Waals surface area (Å²) in [7, 11) is 1.47. The van der Waals surface area contributed by atoms with Crippen molar-refractivity contribution in [1.82, 2.24) is 0 Å². The number of rotatable bonds is 3. The number of benzene rings is 2. The molecule has 0 unspecified atom stereocenters. The topological polar surface area (TPSA) is 51.0 Å². The van der Waals surface area contributed by atoms with Gasteiger partial charge in [-0.3, -0.25) is 9.59 Å². The van der Waals surface area contributed by atoms with Crippen molar-refractivity contribution in [1.29, 1.82) is 0 Å². The number of methoxy groups -OCH3 is 1. The lowest BCUT2D eigenvalue weighted by Crippen LogP contribution is -2.29.